The molecule has 4 nitrogen and oxygen atoms in total. The van der Waals surface area contributed by atoms with E-state index in [1.165, 1.54) is 11.3 Å². The second-order valence-electron chi connectivity index (χ2n) is 4.76. The normalized spacial score (nSPS) is 12.7. The fourth-order valence-electron chi connectivity index (χ4n) is 2.23. The Balaban J connectivity index is 2.05. The lowest BCUT2D eigenvalue weighted by atomic mass is 10.0. The molecule has 2 aromatic rings. The van der Waals surface area contributed by atoms with Crippen LogP contribution in [-0.4, -0.2) is 20.8 Å². The molecule has 0 radical (unpaired) electrons. The van der Waals surface area contributed by atoms with E-state index in [0.29, 0.717) is 0 Å². The Bertz CT molecular complexity index is 516. The molecule has 0 aliphatic rings. The molecule has 4 heteroatoms. The molecule has 0 saturated carbocycles. The smallest absolute Gasteiger partial charge is 0.0628 e. The van der Waals surface area contributed by atoms with Gasteiger partial charge >= 0.3 is 0 Å². The van der Waals surface area contributed by atoms with E-state index in [9.17, 15) is 0 Å². The van der Waals surface area contributed by atoms with Crippen LogP contribution in [0.15, 0.2) is 24.4 Å². The molecular formula is C14H20N4. The average Bonchev–Trinajstić information content (AvgIpc) is 2.57. The van der Waals surface area contributed by atoms with Crippen molar-refractivity contribution in [3.05, 3.63) is 47.0 Å². The maximum atomic E-state index is 6.21. The van der Waals surface area contributed by atoms with Crippen molar-refractivity contribution in [3.63, 3.8) is 0 Å². The van der Waals surface area contributed by atoms with Crippen LogP contribution in [0.2, 0.25) is 0 Å². The summed E-state index contributed by atoms with van der Waals surface area (Å²) in [5, 5.41) is 4.42. The van der Waals surface area contributed by atoms with Crippen LogP contribution < -0.4 is 5.73 Å². The van der Waals surface area contributed by atoms with Gasteiger partial charge in [-0.2, -0.15) is 5.10 Å². The molecule has 0 fully saturated rings. The third kappa shape index (κ3) is 2.76. The lowest BCUT2D eigenvalue weighted by molar-refractivity contribution is 0.648. The molecule has 2 N–H and O–H groups in total. The molecule has 1 atom stereocenters. The number of nitrogens with zero attached hydrogens (tertiary/aromatic N) is 3. The van der Waals surface area contributed by atoms with Crippen LogP contribution in [0.5, 0.6) is 0 Å². The molecule has 0 saturated heterocycles. The van der Waals surface area contributed by atoms with Gasteiger partial charge in [0.2, 0.25) is 0 Å². The van der Waals surface area contributed by atoms with Crippen molar-refractivity contribution in [1.82, 2.24) is 14.8 Å². The van der Waals surface area contributed by atoms with E-state index in [1.807, 2.05) is 43.0 Å². The summed E-state index contributed by atoms with van der Waals surface area (Å²) < 4.78 is 1.91. The molecule has 0 aliphatic carbocycles. The Morgan fingerprint density at radius 3 is 2.61 bits per heavy atom. The molecule has 2 aromatic heterocycles. The molecule has 96 valence electrons. The highest BCUT2D eigenvalue weighted by molar-refractivity contribution is 5.25. The summed E-state index contributed by atoms with van der Waals surface area (Å²) in [5.41, 5.74) is 10.8. The lowest BCUT2D eigenvalue weighted by Gasteiger charge is -2.11. The van der Waals surface area contributed by atoms with Crippen LogP contribution in [0.25, 0.3) is 0 Å². The van der Waals surface area contributed by atoms with Gasteiger partial charge in [0, 0.05) is 37.1 Å². The Hall–Kier alpha value is -1.68. The molecule has 0 bridgehead atoms. The number of aromatic nitrogens is 3. The first-order valence-electron chi connectivity index (χ1n) is 6.22. The molecule has 0 spiro atoms. The van der Waals surface area contributed by atoms with E-state index >= 15 is 0 Å². The summed E-state index contributed by atoms with van der Waals surface area (Å²) in [6.07, 6.45) is 3.46. The molecule has 2 heterocycles. The number of nitrogens with two attached hydrogens (primary N) is 1. The van der Waals surface area contributed by atoms with Gasteiger partial charge in [-0.3, -0.25) is 9.67 Å². The predicted octanol–water partition coefficient (Wildman–Crippen LogP) is 1.54. The fraction of sp³-hybridized carbons (Fsp3) is 0.429. The number of rotatable bonds is 4. The summed E-state index contributed by atoms with van der Waals surface area (Å²) in [6.45, 7) is 4.12. The monoisotopic (exact) mass is 244 g/mol. The number of hydrogen-bond donors (Lipinski definition) is 1. The zero-order valence-corrected chi connectivity index (χ0v) is 11.2. The topological polar surface area (TPSA) is 56.7 Å². The van der Waals surface area contributed by atoms with Gasteiger partial charge in [-0.15, -0.1) is 0 Å². The van der Waals surface area contributed by atoms with Crippen LogP contribution in [0, 0.1) is 13.8 Å². The fourth-order valence-corrected chi connectivity index (χ4v) is 2.23. The quantitative estimate of drug-likeness (QED) is 0.887. The summed E-state index contributed by atoms with van der Waals surface area (Å²) in [5.74, 6) is 0. The second kappa shape index (κ2) is 5.31. The number of hydrogen-bond acceptors (Lipinski definition) is 3. The Morgan fingerprint density at radius 2 is 2.06 bits per heavy atom. The van der Waals surface area contributed by atoms with E-state index in [0.717, 1.165) is 24.2 Å². The largest absolute Gasteiger partial charge is 0.327 e. The van der Waals surface area contributed by atoms with Gasteiger partial charge in [0.1, 0.15) is 0 Å². The minimum absolute atomic E-state index is 0.0847. The van der Waals surface area contributed by atoms with Crippen LogP contribution in [0.1, 0.15) is 22.6 Å². The van der Waals surface area contributed by atoms with Gasteiger partial charge in [-0.05, 0) is 38.0 Å². The maximum absolute atomic E-state index is 6.21. The van der Waals surface area contributed by atoms with Gasteiger partial charge in [-0.1, -0.05) is 6.07 Å². The van der Waals surface area contributed by atoms with Crippen molar-refractivity contribution < 1.29 is 0 Å². The van der Waals surface area contributed by atoms with Gasteiger partial charge in [0.25, 0.3) is 0 Å². The van der Waals surface area contributed by atoms with Crippen LogP contribution >= 0.6 is 0 Å². The van der Waals surface area contributed by atoms with Gasteiger partial charge in [0.05, 0.1) is 5.69 Å². The minimum Gasteiger partial charge on any atom is -0.327 e. The highest BCUT2D eigenvalue weighted by Crippen LogP contribution is 2.14. The predicted molar refractivity (Wildman–Crippen MR) is 72.3 cm³/mol. The van der Waals surface area contributed by atoms with E-state index in [1.54, 1.807) is 0 Å². The lowest BCUT2D eigenvalue weighted by Crippen LogP contribution is -2.26. The first-order chi connectivity index (χ1) is 8.58. The Morgan fingerprint density at radius 1 is 1.28 bits per heavy atom. The average molecular weight is 244 g/mol. The molecule has 0 aliphatic heterocycles. The van der Waals surface area contributed by atoms with E-state index < -0.39 is 0 Å². The van der Waals surface area contributed by atoms with Gasteiger partial charge in [-0.25, -0.2) is 0 Å². The van der Waals surface area contributed by atoms with Gasteiger partial charge in [0.15, 0.2) is 0 Å². The molecule has 18 heavy (non-hydrogen) atoms. The van der Waals surface area contributed by atoms with Crippen molar-refractivity contribution in [2.75, 3.05) is 0 Å². The van der Waals surface area contributed by atoms with E-state index in [2.05, 4.69) is 17.0 Å². The SMILES string of the molecule is Cc1nn(C)c(C)c1CC(N)Cc1ccccn1. The van der Waals surface area contributed by atoms with Crippen molar-refractivity contribution in [1.29, 1.82) is 0 Å². The van der Waals surface area contributed by atoms with Crippen LogP contribution in [0.3, 0.4) is 0 Å². The van der Waals surface area contributed by atoms with Crippen molar-refractivity contribution >= 4 is 0 Å². The third-order valence-electron chi connectivity index (χ3n) is 3.32. The molecule has 0 aromatic carbocycles. The summed E-state index contributed by atoms with van der Waals surface area (Å²) in [7, 11) is 1.97. The zero-order valence-electron chi connectivity index (χ0n) is 11.2. The zero-order chi connectivity index (χ0) is 13.1. The first-order valence-corrected chi connectivity index (χ1v) is 6.22. The molecule has 0 amide bonds. The Labute approximate surface area is 108 Å². The Kier molecular flexibility index (Phi) is 3.77. The second-order valence-corrected chi connectivity index (χ2v) is 4.76. The summed E-state index contributed by atoms with van der Waals surface area (Å²) >= 11 is 0. The number of pyridine rings is 1. The highest BCUT2D eigenvalue weighted by atomic mass is 15.3. The van der Waals surface area contributed by atoms with Gasteiger partial charge < -0.3 is 5.73 Å². The summed E-state index contributed by atoms with van der Waals surface area (Å²) in [4.78, 5) is 4.31. The van der Waals surface area contributed by atoms with E-state index in [4.69, 9.17) is 5.73 Å². The van der Waals surface area contributed by atoms with Crippen molar-refractivity contribution in [2.24, 2.45) is 12.8 Å². The van der Waals surface area contributed by atoms with Crippen molar-refractivity contribution in [2.45, 2.75) is 32.7 Å². The van der Waals surface area contributed by atoms with E-state index in [-0.39, 0.29) is 6.04 Å². The first kappa shape index (κ1) is 12.8. The molecule has 2 rings (SSSR count). The maximum Gasteiger partial charge on any atom is 0.0628 e. The van der Waals surface area contributed by atoms with Crippen LogP contribution in [-0.2, 0) is 19.9 Å². The van der Waals surface area contributed by atoms with Crippen LogP contribution in [0.4, 0.5) is 0 Å². The number of aryl methyl sites for hydroxylation is 2. The standard InChI is InChI=1S/C14H20N4/c1-10-14(11(2)18(3)17-10)9-12(15)8-13-6-4-5-7-16-13/h4-7,12H,8-9,15H2,1-3H3. The third-order valence-corrected chi connectivity index (χ3v) is 3.32. The summed E-state index contributed by atoms with van der Waals surface area (Å²) in [6, 6.07) is 6.02. The van der Waals surface area contributed by atoms with Crippen molar-refractivity contribution in [3.8, 4) is 0 Å². The molecule has 1 unspecified atom stereocenters. The minimum atomic E-state index is 0.0847. The highest BCUT2D eigenvalue weighted by Gasteiger charge is 2.13. The molecular weight excluding hydrogens is 224 g/mol.